The van der Waals surface area contributed by atoms with Crippen LogP contribution in [0.1, 0.15) is 30.7 Å². The first kappa shape index (κ1) is 21.2. The van der Waals surface area contributed by atoms with Crippen LogP contribution in [-0.2, 0) is 13.0 Å². The summed E-state index contributed by atoms with van der Waals surface area (Å²) in [5.41, 5.74) is 2.57. The Morgan fingerprint density at radius 1 is 1.21 bits per heavy atom. The second-order valence-corrected chi connectivity index (χ2v) is 7.52. The molecule has 1 aromatic carbocycles. The van der Waals surface area contributed by atoms with Crippen LogP contribution in [0.15, 0.2) is 24.3 Å². The Hall–Kier alpha value is -2.55. The van der Waals surface area contributed by atoms with Crippen molar-refractivity contribution in [3.8, 4) is 5.75 Å². The van der Waals surface area contributed by atoms with E-state index in [1.807, 2.05) is 26.8 Å². The molecule has 2 heterocycles. The van der Waals surface area contributed by atoms with Crippen LogP contribution in [0, 0.1) is 12.8 Å². The maximum Gasteiger partial charge on any atom is 0.573 e. The van der Waals surface area contributed by atoms with E-state index in [1.165, 1.54) is 12.1 Å². The Morgan fingerprint density at radius 2 is 1.97 bits per heavy atom. The summed E-state index contributed by atoms with van der Waals surface area (Å²) in [6.07, 6.45) is -4.11. The van der Waals surface area contributed by atoms with Gasteiger partial charge in [0.25, 0.3) is 0 Å². The van der Waals surface area contributed by atoms with Crippen molar-refractivity contribution < 1.29 is 23.0 Å². The van der Waals surface area contributed by atoms with Crippen molar-refractivity contribution in [3.05, 3.63) is 41.1 Å². The largest absolute Gasteiger partial charge is 0.573 e. The summed E-state index contributed by atoms with van der Waals surface area (Å²) in [5, 5.41) is 12.7. The number of nitrogens with one attached hydrogen (secondary N) is 1. The highest BCUT2D eigenvalue weighted by atomic mass is 19.4. The molecule has 6 nitrogen and oxygen atoms in total. The molecule has 2 N–H and O–H groups in total. The molecule has 3 rings (SSSR count). The van der Waals surface area contributed by atoms with Crippen molar-refractivity contribution >= 4 is 11.8 Å². The van der Waals surface area contributed by atoms with Gasteiger partial charge in [0.05, 0.1) is 12.6 Å². The van der Waals surface area contributed by atoms with Crippen molar-refractivity contribution in [2.24, 2.45) is 5.92 Å². The smallest absolute Gasteiger partial charge is 0.406 e. The van der Waals surface area contributed by atoms with Crippen LogP contribution >= 0.6 is 0 Å². The van der Waals surface area contributed by atoms with Crippen LogP contribution in [0.3, 0.4) is 0 Å². The molecule has 0 aliphatic carbocycles. The van der Waals surface area contributed by atoms with Gasteiger partial charge in [-0.2, -0.15) is 4.98 Å². The lowest BCUT2D eigenvalue weighted by Gasteiger charge is -2.30. The lowest BCUT2D eigenvalue weighted by molar-refractivity contribution is -0.274. The van der Waals surface area contributed by atoms with Gasteiger partial charge < -0.3 is 20.1 Å². The van der Waals surface area contributed by atoms with E-state index in [0.29, 0.717) is 25.5 Å². The van der Waals surface area contributed by atoms with Gasteiger partial charge >= 0.3 is 6.36 Å². The van der Waals surface area contributed by atoms with Crippen LogP contribution in [0.4, 0.5) is 24.9 Å². The predicted molar refractivity (Wildman–Crippen MR) is 104 cm³/mol. The molecule has 0 spiro atoms. The van der Waals surface area contributed by atoms with Crippen LogP contribution in [0.2, 0.25) is 0 Å². The topological polar surface area (TPSA) is 70.5 Å². The highest BCUT2D eigenvalue weighted by molar-refractivity contribution is 5.49. The molecule has 1 aromatic heterocycles. The fourth-order valence-corrected chi connectivity index (χ4v) is 3.29. The number of fused-ring (bicyclic) bond motifs is 1. The maximum absolute atomic E-state index is 12.4. The van der Waals surface area contributed by atoms with Gasteiger partial charge in [0.2, 0.25) is 5.95 Å². The van der Waals surface area contributed by atoms with Gasteiger partial charge in [-0.25, -0.2) is 4.98 Å². The highest BCUT2D eigenvalue weighted by Gasteiger charge is 2.31. The summed E-state index contributed by atoms with van der Waals surface area (Å²) < 4.78 is 41.3. The van der Waals surface area contributed by atoms with E-state index in [-0.39, 0.29) is 24.3 Å². The Kier molecular flexibility index (Phi) is 6.16. The molecule has 0 bridgehead atoms. The number of hydrogen-bond donors (Lipinski definition) is 2. The number of ether oxygens (including phenoxy) is 1. The third kappa shape index (κ3) is 5.50. The number of hydrogen-bond acceptors (Lipinski definition) is 6. The monoisotopic (exact) mass is 410 g/mol. The third-order valence-corrected chi connectivity index (χ3v) is 4.90. The molecule has 158 valence electrons. The van der Waals surface area contributed by atoms with Crippen LogP contribution in [-0.4, -0.2) is 40.6 Å². The number of nitrogens with zero attached hydrogens (tertiary/aromatic N) is 3. The number of aryl methyl sites for hydroxylation is 1. The second-order valence-electron chi connectivity index (χ2n) is 7.52. The van der Waals surface area contributed by atoms with E-state index in [9.17, 15) is 18.3 Å². The molecule has 0 saturated heterocycles. The van der Waals surface area contributed by atoms with Gasteiger partial charge in [0.1, 0.15) is 11.6 Å². The van der Waals surface area contributed by atoms with Gasteiger partial charge in [0, 0.05) is 24.8 Å². The first-order chi connectivity index (χ1) is 13.6. The maximum atomic E-state index is 12.4. The third-order valence-electron chi connectivity index (χ3n) is 4.90. The van der Waals surface area contributed by atoms with Crippen LogP contribution < -0.4 is 15.0 Å². The van der Waals surface area contributed by atoms with E-state index >= 15 is 0 Å². The molecular formula is C20H25F3N4O2. The van der Waals surface area contributed by atoms with Crippen molar-refractivity contribution in [3.63, 3.8) is 0 Å². The summed E-state index contributed by atoms with van der Waals surface area (Å²) in [7, 11) is 0. The molecule has 1 atom stereocenters. The molecule has 1 aliphatic heterocycles. The summed E-state index contributed by atoms with van der Waals surface area (Å²) >= 11 is 0. The Morgan fingerprint density at radius 3 is 2.62 bits per heavy atom. The van der Waals surface area contributed by atoms with E-state index in [0.717, 1.165) is 22.6 Å². The fraction of sp³-hybridized carbons (Fsp3) is 0.500. The first-order valence-electron chi connectivity index (χ1n) is 9.50. The number of anilines is 2. The van der Waals surface area contributed by atoms with E-state index in [4.69, 9.17) is 0 Å². The number of halogens is 3. The number of benzene rings is 1. The number of aromatic nitrogens is 2. The van der Waals surface area contributed by atoms with Crippen LogP contribution in [0.25, 0.3) is 0 Å². The minimum absolute atomic E-state index is 0.0241. The minimum atomic E-state index is -4.70. The van der Waals surface area contributed by atoms with Crippen molar-refractivity contribution in [1.29, 1.82) is 0 Å². The molecule has 29 heavy (non-hydrogen) atoms. The summed E-state index contributed by atoms with van der Waals surface area (Å²) in [6, 6.07) is 6.17. The van der Waals surface area contributed by atoms with Gasteiger partial charge in [-0.1, -0.05) is 19.9 Å². The Bertz CT molecular complexity index is 858. The predicted octanol–water partition coefficient (Wildman–Crippen LogP) is 3.68. The molecule has 0 fully saturated rings. The van der Waals surface area contributed by atoms with Crippen molar-refractivity contribution in [2.45, 2.75) is 46.1 Å². The zero-order valence-corrected chi connectivity index (χ0v) is 16.6. The fourth-order valence-electron chi connectivity index (χ4n) is 3.29. The van der Waals surface area contributed by atoms with E-state index in [2.05, 4.69) is 24.9 Å². The summed E-state index contributed by atoms with van der Waals surface area (Å²) in [6.45, 7) is 7.00. The Balaban J connectivity index is 1.77. The molecular weight excluding hydrogens is 385 g/mol. The molecule has 0 unspecified atom stereocenters. The average molecular weight is 410 g/mol. The van der Waals surface area contributed by atoms with Crippen LogP contribution in [0.5, 0.6) is 5.75 Å². The average Bonchev–Trinajstić information content (AvgIpc) is 2.63. The lowest BCUT2D eigenvalue weighted by atomic mass is 9.99. The zero-order valence-electron chi connectivity index (χ0n) is 16.6. The quantitative estimate of drug-likeness (QED) is 0.757. The molecule has 0 saturated carbocycles. The highest BCUT2D eigenvalue weighted by Crippen LogP contribution is 2.29. The Labute approximate surface area is 167 Å². The molecule has 9 heteroatoms. The summed E-state index contributed by atoms with van der Waals surface area (Å²) in [4.78, 5) is 11.1. The standard InChI is InChI=1S/C20H25F3N4O2/c1-12(2)17(11-28)25-19-24-13(3)8-18(26-19)27-7-6-14-9-16(29-20(21,22)23)5-4-15(14)10-27/h4-5,8-9,12,17,28H,6-7,10-11H2,1-3H3,(H,24,25,26)/t17-/m1/s1. The zero-order chi connectivity index (χ0) is 21.2. The van der Waals surface area contributed by atoms with Crippen molar-refractivity contribution in [1.82, 2.24) is 9.97 Å². The van der Waals surface area contributed by atoms with Gasteiger partial charge in [-0.05, 0) is 42.5 Å². The number of aliphatic hydroxyl groups excluding tert-OH is 1. The van der Waals surface area contributed by atoms with E-state index < -0.39 is 6.36 Å². The lowest BCUT2D eigenvalue weighted by Crippen LogP contribution is -2.33. The molecule has 2 aromatic rings. The van der Waals surface area contributed by atoms with E-state index in [1.54, 1.807) is 6.07 Å². The minimum Gasteiger partial charge on any atom is -0.406 e. The normalized spacial score (nSPS) is 15.2. The molecule has 0 radical (unpaired) electrons. The molecule has 1 aliphatic rings. The van der Waals surface area contributed by atoms with Crippen molar-refractivity contribution in [2.75, 3.05) is 23.4 Å². The second kappa shape index (κ2) is 8.44. The number of rotatable bonds is 6. The number of aliphatic hydroxyl groups is 1. The van der Waals surface area contributed by atoms with Gasteiger partial charge in [-0.15, -0.1) is 13.2 Å². The van der Waals surface area contributed by atoms with Gasteiger partial charge in [-0.3, -0.25) is 0 Å². The van der Waals surface area contributed by atoms with Gasteiger partial charge in [0.15, 0.2) is 0 Å². The summed E-state index contributed by atoms with van der Waals surface area (Å²) in [5.74, 6) is 1.20. The SMILES string of the molecule is Cc1cc(N2CCc3cc(OC(F)(F)F)ccc3C2)nc(N[C@H](CO)C(C)C)n1. The molecule has 0 amide bonds. The first-order valence-corrected chi connectivity index (χ1v) is 9.50. The number of alkyl halides is 3.